The van der Waals surface area contributed by atoms with Crippen molar-refractivity contribution in [2.75, 3.05) is 26.9 Å². The zero-order valence-corrected chi connectivity index (χ0v) is 13.9. The van der Waals surface area contributed by atoms with Crippen LogP contribution < -0.4 is 5.32 Å². The molecule has 0 saturated heterocycles. The third kappa shape index (κ3) is 15.3. The zero-order valence-electron chi connectivity index (χ0n) is 13.9. The van der Waals surface area contributed by atoms with Crippen LogP contribution in [0.15, 0.2) is 12.2 Å². The van der Waals surface area contributed by atoms with Gasteiger partial charge in [0.05, 0.1) is 6.67 Å². The number of allylic oxidation sites excluding steroid dienone is 2. The fourth-order valence-electron chi connectivity index (χ4n) is 2.14. The molecule has 2 N–H and O–H groups in total. The standard InChI is InChI=1S/C17H34N2O2/c1-3-4-5-10-13-17(21)18-16-19(2)14-11-8-6-7-9-12-15-20/h3-4,20H,5-16H2,1-2H3,(H,18,21)/b4-3+. The molecule has 0 unspecified atom stereocenters. The lowest BCUT2D eigenvalue weighted by atomic mass is 10.1. The zero-order chi connectivity index (χ0) is 15.8. The van der Waals surface area contributed by atoms with Gasteiger partial charge in [0.1, 0.15) is 0 Å². The summed E-state index contributed by atoms with van der Waals surface area (Å²) in [6.45, 7) is 3.99. The second-order valence-corrected chi connectivity index (χ2v) is 5.64. The van der Waals surface area contributed by atoms with E-state index in [1.165, 1.54) is 25.7 Å². The van der Waals surface area contributed by atoms with E-state index < -0.39 is 0 Å². The van der Waals surface area contributed by atoms with Gasteiger partial charge in [-0.3, -0.25) is 9.69 Å². The molecule has 0 aromatic rings. The van der Waals surface area contributed by atoms with Crippen LogP contribution in [0.1, 0.15) is 64.7 Å². The first-order valence-corrected chi connectivity index (χ1v) is 8.38. The largest absolute Gasteiger partial charge is 0.396 e. The molecular formula is C17H34N2O2. The minimum atomic E-state index is 0.148. The Balaban J connectivity index is 3.36. The highest BCUT2D eigenvalue weighted by atomic mass is 16.2. The summed E-state index contributed by atoms with van der Waals surface area (Å²) in [6, 6.07) is 0. The van der Waals surface area contributed by atoms with Crippen molar-refractivity contribution < 1.29 is 9.90 Å². The van der Waals surface area contributed by atoms with Crippen LogP contribution in [-0.4, -0.2) is 42.8 Å². The maximum atomic E-state index is 11.6. The summed E-state index contributed by atoms with van der Waals surface area (Å²) in [5.74, 6) is 0.148. The van der Waals surface area contributed by atoms with Crippen molar-refractivity contribution in [2.24, 2.45) is 0 Å². The molecule has 4 nitrogen and oxygen atoms in total. The van der Waals surface area contributed by atoms with Gasteiger partial charge in [-0.05, 0) is 46.2 Å². The Morgan fingerprint density at radius 1 is 1.10 bits per heavy atom. The summed E-state index contributed by atoms with van der Waals surface area (Å²) in [4.78, 5) is 13.8. The Kier molecular flexibility index (Phi) is 14.9. The van der Waals surface area contributed by atoms with Crippen LogP contribution in [0.3, 0.4) is 0 Å². The van der Waals surface area contributed by atoms with Crippen LogP contribution in [0, 0.1) is 0 Å². The second kappa shape index (κ2) is 15.5. The smallest absolute Gasteiger partial charge is 0.221 e. The summed E-state index contributed by atoms with van der Waals surface area (Å²) in [6.07, 6.45) is 13.6. The lowest BCUT2D eigenvalue weighted by molar-refractivity contribution is -0.121. The van der Waals surface area contributed by atoms with Crippen molar-refractivity contribution in [3.63, 3.8) is 0 Å². The van der Waals surface area contributed by atoms with Gasteiger partial charge in [0.15, 0.2) is 0 Å². The van der Waals surface area contributed by atoms with Crippen LogP contribution >= 0.6 is 0 Å². The van der Waals surface area contributed by atoms with Crippen LogP contribution in [0.5, 0.6) is 0 Å². The number of hydrogen-bond donors (Lipinski definition) is 2. The Morgan fingerprint density at radius 3 is 2.43 bits per heavy atom. The van der Waals surface area contributed by atoms with Crippen LogP contribution in [0.4, 0.5) is 0 Å². The molecule has 0 spiro atoms. The molecule has 0 atom stereocenters. The van der Waals surface area contributed by atoms with Crippen molar-refractivity contribution in [3.8, 4) is 0 Å². The normalized spacial score (nSPS) is 11.4. The van der Waals surface area contributed by atoms with Gasteiger partial charge in [0.25, 0.3) is 0 Å². The number of hydrogen-bond acceptors (Lipinski definition) is 3. The second-order valence-electron chi connectivity index (χ2n) is 5.64. The van der Waals surface area contributed by atoms with E-state index in [0.717, 1.165) is 32.2 Å². The van der Waals surface area contributed by atoms with Crippen LogP contribution in [0.2, 0.25) is 0 Å². The van der Waals surface area contributed by atoms with Crippen molar-refractivity contribution >= 4 is 5.91 Å². The van der Waals surface area contributed by atoms with Gasteiger partial charge in [-0.15, -0.1) is 0 Å². The maximum Gasteiger partial charge on any atom is 0.221 e. The molecule has 0 aromatic carbocycles. The molecule has 124 valence electrons. The van der Waals surface area contributed by atoms with Crippen molar-refractivity contribution in [2.45, 2.75) is 64.7 Å². The summed E-state index contributed by atoms with van der Waals surface area (Å²) < 4.78 is 0. The van der Waals surface area contributed by atoms with Gasteiger partial charge in [0.2, 0.25) is 5.91 Å². The van der Waals surface area contributed by atoms with E-state index >= 15 is 0 Å². The van der Waals surface area contributed by atoms with Crippen molar-refractivity contribution in [1.29, 1.82) is 0 Å². The highest BCUT2D eigenvalue weighted by Crippen LogP contribution is 2.05. The number of rotatable bonds is 14. The minimum Gasteiger partial charge on any atom is -0.396 e. The van der Waals surface area contributed by atoms with Gasteiger partial charge in [-0.1, -0.05) is 37.8 Å². The SMILES string of the molecule is C/C=C/CCCC(=O)NCN(C)CCCCCCCCO. The lowest BCUT2D eigenvalue weighted by Crippen LogP contribution is -2.35. The van der Waals surface area contributed by atoms with E-state index in [1.54, 1.807) is 0 Å². The Bertz CT molecular complexity index is 268. The molecule has 0 bridgehead atoms. The van der Waals surface area contributed by atoms with E-state index in [2.05, 4.69) is 16.3 Å². The topological polar surface area (TPSA) is 52.6 Å². The first-order valence-electron chi connectivity index (χ1n) is 8.38. The van der Waals surface area contributed by atoms with Gasteiger partial charge >= 0.3 is 0 Å². The van der Waals surface area contributed by atoms with E-state index in [-0.39, 0.29) is 5.91 Å². The molecule has 0 radical (unpaired) electrons. The average Bonchev–Trinajstić information content (AvgIpc) is 2.48. The molecule has 4 heteroatoms. The number of nitrogens with zero attached hydrogens (tertiary/aromatic N) is 1. The first-order chi connectivity index (χ1) is 10.2. The molecule has 0 aliphatic heterocycles. The predicted octanol–water partition coefficient (Wildman–Crippen LogP) is 3.07. The molecule has 0 rings (SSSR count). The van der Waals surface area contributed by atoms with Gasteiger partial charge in [0, 0.05) is 13.0 Å². The number of unbranched alkanes of at least 4 members (excludes halogenated alkanes) is 6. The van der Waals surface area contributed by atoms with Crippen LogP contribution in [-0.2, 0) is 4.79 Å². The molecule has 21 heavy (non-hydrogen) atoms. The molecule has 0 saturated carbocycles. The van der Waals surface area contributed by atoms with E-state index in [4.69, 9.17) is 5.11 Å². The third-order valence-electron chi connectivity index (χ3n) is 3.50. The maximum absolute atomic E-state index is 11.6. The van der Waals surface area contributed by atoms with Gasteiger partial charge in [-0.25, -0.2) is 0 Å². The van der Waals surface area contributed by atoms with Crippen molar-refractivity contribution in [3.05, 3.63) is 12.2 Å². The molecule has 1 amide bonds. The molecule has 0 aromatic heterocycles. The molecular weight excluding hydrogens is 264 g/mol. The van der Waals surface area contributed by atoms with Gasteiger partial charge in [-0.2, -0.15) is 0 Å². The summed E-state index contributed by atoms with van der Waals surface area (Å²) in [7, 11) is 2.05. The Hall–Kier alpha value is -0.870. The average molecular weight is 298 g/mol. The van der Waals surface area contributed by atoms with E-state index in [0.29, 0.717) is 19.7 Å². The lowest BCUT2D eigenvalue weighted by Gasteiger charge is -2.17. The number of aliphatic hydroxyl groups is 1. The number of carbonyl (C=O) groups is 1. The quantitative estimate of drug-likeness (QED) is 0.294. The monoisotopic (exact) mass is 298 g/mol. The van der Waals surface area contributed by atoms with E-state index in [1.807, 2.05) is 20.0 Å². The number of nitrogens with one attached hydrogen (secondary N) is 1. The van der Waals surface area contributed by atoms with Crippen LogP contribution in [0.25, 0.3) is 0 Å². The highest BCUT2D eigenvalue weighted by molar-refractivity contribution is 5.75. The van der Waals surface area contributed by atoms with Crippen molar-refractivity contribution in [1.82, 2.24) is 10.2 Å². The third-order valence-corrected chi connectivity index (χ3v) is 3.50. The molecule has 0 aliphatic rings. The number of aliphatic hydroxyl groups excluding tert-OH is 1. The van der Waals surface area contributed by atoms with E-state index in [9.17, 15) is 4.79 Å². The fraction of sp³-hybridized carbons (Fsp3) is 0.824. The molecule has 0 aliphatic carbocycles. The van der Waals surface area contributed by atoms with Gasteiger partial charge < -0.3 is 10.4 Å². The summed E-state index contributed by atoms with van der Waals surface area (Å²) in [5, 5.41) is 11.6. The molecule has 0 fully saturated rings. The summed E-state index contributed by atoms with van der Waals surface area (Å²) in [5.41, 5.74) is 0. The number of amides is 1. The fourth-order valence-corrected chi connectivity index (χ4v) is 2.14. The minimum absolute atomic E-state index is 0.148. The molecule has 0 heterocycles. The predicted molar refractivity (Wildman–Crippen MR) is 89.1 cm³/mol. The Labute approximate surface area is 130 Å². The highest BCUT2D eigenvalue weighted by Gasteiger charge is 2.02. The summed E-state index contributed by atoms with van der Waals surface area (Å²) >= 11 is 0. The first kappa shape index (κ1) is 20.1. The Morgan fingerprint density at radius 2 is 1.76 bits per heavy atom. The number of carbonyl (C=O) groups excluding carboxylic acids is 1.